The number of hydrogen-bond donors (Lipinski definition) is 1. The number of nitrogens with zero attached hydrogens (tertiary/aromatic N) is 3. The van der Waals surface area contributed by atoms with Crippen molar-refractivity contribution < 1.29 is 13.6 Å². The monoisotopic (exact) mass is 408 g/mol. The van der Waals surface area contributed by atoms with Crippen molar-refractivity contribution >= 4 is 35.0 Å². The summed E-state index contributed by atoms with van der Waals surface area (Å²) in [6.45, 7) is 0. The number of carbonyl (C=O) groups excluding carboxylic acids is 1. The van der Waals surface area contributed by atoms with Gasteiger partial charge in [0, 0.05) is 5.39 Å². The molecule has 0 aliphatic carbocycles. The Bertz CT molecular complexity index is 1370. The van der Waals surface area contributed by atoms with Crippen molar-refractivity contribution in [1.29, 1.82) is 0 Å². The van der Waals surface area contributed by atoms with E-state index in [0.717, 1.165) is 10.9 Å². The molecule has 0 atom stereocenters. The Morgan fingerprint density at radius 2 is 1.74 bits per heavy atom. The number of para-hydroxylation sites is 1. The van der Waals surface area contributed by atoms with Gasteiger partial charge in [0.15, 0.2) is 5.76 Å². The maximum absolute atomic E-state index is 13.0. The zero-order valence-corrected chi connectivity index (χ0v) is 16.2. The highest BCUT2D eigenvalue weighted by Crippen LogP contribution is 2.23. The molecule has 0 aliphatic rings. The van der Waals surface area contributed by atoms with E-state index in [1.54, 1.807) is 18.2 Å². The minimum absolute atomic E-state index is 0.0151. The Morgan fingerprint density at radius 3 is 2.58 bits per heavy atom. The molecular weight excluding hydrogens is 392 g/mol. The molecule has 1 N–H and O–H groups in total. The van der Waals surface area contributed by atoms with Gasteiger partial charge in [0.05, 0.1) is 23.0 Å². The Morgan fingerprint density at radius 1 is 0.903 bits per heavy atom. The van der Waals surface area contributed by atoms with Crippen LogP contribution >= 0.6 is 0 Å². The number of aromatic nitrogens is 3. The van der Waals surface area contributed by atoms with Crippen LogP contribution in [-0.2, 0) is 0 Å². The van der Waals surface area contributed by atoms with E-state index >= 15 is 0 Å². The first-order chi connectivity index (χ1) is 15.3. The molecule has 7 heteroatoms. The fraction of sp³-hybridized carbons (Fsp3) is 0. The van der Waals surface area contributed by atoms with Gasteiger partial charge in [-0.3, -0.25) is 10.1 Å². The van der Waals surface area contributed by atoms with Crippen LogP contribution in [0.15, 0.2) is 87.9 Å². The average Bonchev–Trinajstić information content (AvgIpc) is 3.50. The van der Waals surface area contributed by atoms with E-state index in [4.69, 9.17) is 8.83 Å². The van der Waals surface area contributed by atoms with Gasteiger partial charge in [0.1, 0.15) is 0 Å². The number of furan rings is 1. The number of nitrogens with one attached hydrogen (secondary N) is 1. The summed E-state index contributed by atoms with van der Waals surface area (Å²) in [7, 11) is 0. The highest BCUT2D eigenvalue weighted by molar-refractivity contribution is 6.12. The summed E-state index contributed by atoms with van der Waals surface area (Å²) >= 11 is 0. The van der Waals surface area contributed by atoms with E-state index in [-0.39, 0.29) is 17.8 Å². The minimum atomic E-state index is -0.373. The second-order valence-corrected chi connectivity index (χ2v) is 6.70. The van der Waals surface area contributed by atoms with E-state index < -0.39 is 0 Å². The molecule has 5 aromatic rings. The SMILES string of the molecule is O=C(Nc1nnc(-c2ccco2)o1)c1cc(C=Cc2ccccc2)nc2ccccc12. The average molecular weight is 408 g/mol. The molecule has 150 valence electrons. The van der Waals surface area contributed by atoms with Crippen LogP contribution in [0.2, 0.25) is 0 Å². The first kappa shape index (κ1) is 18.5. The first-order valence-electron chi connectivity index (χ1n) is 9.58. The number of anilines is 1. The molecule has 3 aromatic heterocycles. The molecule has 5 rings (SSSR count). The highest BCUT2D eigenvalue weighted by atomic mass is 16.4. The number of carbonyl (C=O) groups is 1. The van der Waals surface area contributed by atoms with Crippen molar-refractivity contribution in [3.05, 3.63) is 95.9 Å². The Hall–Kier alpha value is -4.52. The molecule has 0 spiro atoms. The van der Waals surface area contributed by atoms with Gasteiger partial charge < -0.3 is 8.83 Å². The number of hydrogen-bond acceptors (Lipinski definition) is 6. The fourth-order valence-electron chi connectivity index (χ4n) is 3.15. The van der Waals surface area contributed by atoms with E-state index in [2.05, 4.69) is 20.5 Å². The molecule has 0 unspecified atom stereocenters. The van der Waals surface area contributed by atoms with Crippen LogP contribution < -0.4 is 5.32 Å². The van der Waals surface area contributed by atoms with Crippen LogP contribution in [0, 0.1) is 0 Å². The second kappa shape index (κ2) is 8.08. The number of fused-ring (bicyclic) bond motifs is 1. The summed E-state index contributed by atoms with van der Waals surface area (Å²) in [5, 5.41) is 11.2. The number of benzene rings is 2. The molecule has 7 nitrogen and oxygen atoms in total. The van der Waals surface area contributed by atoms with Gasteiger partial charge in [0.25, 0.3) is 11.8 Å². The van der Waals surface area contributed by atoms with Gasteiger partial charge in [-0.1, -0.05) is 59.7 Å². The molecule has 0 bridgehead atoms. The molecule has 31 heavy (non-hydrogen) atoms. The summed E-state index contributed by atoms with van der Waals surface area (Å²) < 4.78 is 10.7. The van der Waals surface area contributed by atoms with E-state index in [1.165, 1.54) is 6.26 Å². The van der Waals surface area contributed by atoms with Crippen LogP contribution in [-0.4, -0.2) is 21.1 Å². The van der Waals surface area contributed by atoms with Crippen molar-refractivity contribution in [2.24, 2.45) is 0 Å². The summed E-state index contributed by atoms with van der Waals surface area (Å²) in [5.74, 6) is 0.240. The number of rotatable bonds is 5. The third-order valence-corrected chi connectivity index (χ3v) is 4.60. The molecule has 0 saturated heterocycles. The van der Waals surface area contributed by atoms with Crippen molar-refractivity contribution in [1.82, 2.24) is 15.2 Å². The number of pyridine rings is 1. The summed E-state index contributed by atoms with van der Waals surface area (Å²) in [6.07, 6.45) is 5.33. The normalized spacial score (nSPS) is 11.2. The first-order valence-corrected chi connectivity index (χ1v) is 9.58. The maximum Gasteiger partial charge on any atom is 0.322 e. The van der Waals surface area contributed by atoms with E-state index in [0.29, 0.717) is 22.5 Å². The number of amides is 1. The maximum atomic E-state index is 13.0. The molecule has 0 aliphatic heterocycles. The fourth-order valence-corrected chi connectivity index (χ4v) is 3.15. The van der Waals surface area contributed by atoms with E-state index in [1.807, 2.05) is 66.7 Å². The lowest BCUT2D eigenvalue weighted by Crippen LogP contribution is -2.13. The smallest absolute Gasteiger partial charge is 0.322 e. The van der Waals surface area contributed by atoms with Crippen LogP contribution in [0.1, 0.15) is 21.6 Å². The Balaban J connectivity index is 1.46. The largest absolute Gasteiger partial charge is 0.459 e. The van der Waals surface area contributed by atoms with Gasteiger partial charge in [-0.25, -0.2) is 4.98 Å². The molecular formula is C24H16N4O3. The van der Waals surface area contributed by atoms with Crippen LogP contribution in [0.25, 0.3) is 34.7 Å². The molecule has 0 radical (unpaired) electrons. The van der Waals surface area contributed by atoms with Gasteiger partial charge in [-0.15, -0.1) is 5.10 Å². The van der Waals surface area contributed by atoms with Crippen molar-refractivity contribution in [3.63, 3.8) is 0 Å². The molecule has 0 fully saturated rings. The topological polar surface area (TPSA) is 94.1 Å². The summed E-state index contributed by atoms with van der Waals surface area (Å²) in [4.78, 5) is 17.7. The Kier molecular flexibility index (Phi) is 4.82. The molecule has 2 aromatic carbocycles. The second-order valence-electron chi connectivity index (χ2n) is 6.70. The van der Waals surface area contributed by atoms with Crippen LogP contribution in [0.5, 0.6) is 0 Å². The molecule has 0 saturated carbocycles. The van der Waals surface area contributed by atoms with Gasteiger partial charge in [0.2, 0.25) is 0 Å². The molecule has 1 amide bonds. The van der Waals surface area contributed by atoms with E-state index in [9.17, 15) is 4.79 Å². The van der Waals surface area contributed by atoms with Crippen molar-refractivity contribution in [3.8, 4) is 11.7 Å². The third-order valence-electron chi connectivity index (χ3n) is 4.60. The van der Waals surface area contributed by atoms with Crippen LogP contribution in [0.3, 0.4) is 0 Å². The predicted octanol–water partition coefficient (Wildman–Crippen LogP) is 5.30. The lowest BCUT2D eigenvalue weighted by Gasteiger charge is -2.07. The van der Waals surface area contributed by atoms with Crippen molar-refractivity contribution in [2.45, 2.75) is 0 Å². The summed E-state index contributed by atoms with van der Waals surface area (Å²) in [5.41, 5.74) is 2.87. The zero-order chi connectivity index (χ0) is 21.0. The predicted molar refractivity (Wildman–Crippen MR) is 117 cm³/mol. The summed E-state index contributed by atoms with van der Waals surface area (Å²) in [6, 6.07) is 22.5. The van der Waals surface area contributed by atoms with Gasteiger partial charge in [-0.2, -0.15) is 0 Å². The highest BCUT2D eigenvalue weighted by Gasteiger charge is 2.17. The third kappa shape index (κ3) is 3.97. The van der Waals surface area contributed by atoms with Gasteiger partial charge >= 0.3 is 6.01 Å². The van der Waals surface area contributed by atoms with Crippen LogP contribution in [0.4, 0.5) is 6.01 Å². The lowest BCUT2D eigenvalue weighted by molar-refractivity contribution is 0.102. The van der Waals surface area contributed by atoms with Crippen molar-refractivity contribution in [2.75, 3.05) is 5.32 Å². The Labute approximate surface area is 177 Å². The quantitative estimate of drug-likeness (QED) is 0.424. The molecule has 3 heterocycles. The minimum Gasteiger partial charge on any atom is -0.459 e. The lowest BCUT2D eigenvalue weighted by atomic mass is 10.1. The zero-order valence-electron chi connectivity index (χ0n) is 16.2. The standard InChI is InChI=1S/C24H16N4O3/c29-22(26-24-28-27-23(31-24)21-11-6-14-30-21)19-15-17(13-12-16-7-2-1-3-8-16)25-20-10-5-4-9-18(19)20/h1-15H,(H,26,28,29). The van der Waals surface area contributed by atoms with Gasteiger partial charge in [-0.05, 0) is 35.9 Å².